The van der Waals surface area contributed by atoms with Crippen molar-refractivity contribution in [1.82, 2.24) is 4.90 Å². The SMILES string of the molecule is O=C(CCc1cccc(Br)c1)N1CCCC1Cc1ccccc1. The molecule has 0 saturated carbocycles. The Morgan fingerprint density at radius 2 is 1.87 bits per heavy atom. The van der Waals surface area contributed by atoms with Gasteiger partial charge in [-0.1, -0.05) is 58.4 Å². The Balaban J connectivity index is 1.57. The van der Waals surface area contributed by atoms with E-state index in [9.17, 15) is 4.79 Å². The van der Waals surface area contributed by atoms with Crippen molar-refractivity contribution in [2.75, 3.05) is 6.54 Å². The Bertz CT molecular complexity index is 656. The van der Waals surface area contributed by atoms with E-state index in [1.807, 2.05) is 18.2 Å². The van der Waals surface area contributed by atoms with E-state index in [1.165, 1.54) is 11.1 Å². The Kier molecular flexibility index (Phi) is 5.50. The second-order valence-electron chi connectivity index (χ2n) is 6.20. The number of amides is 1. The van der Waals surface area contributed by atoms with Crippen LogP contribution in [0.4, 0.5) is 0 Å². The molecule has 1 saturated heterocycles. The molecule has 0 radical (unpaired) electrons. The number of hydrogen-bond acceptors (Lipinski definition) is 1. The van der Waals surface area contributed by atoms with Crippen LogP contribution in [0.2, 0.25) is 0 Å². The van der Waals surface area contributed by atoms with Crippen LogP contribution in [0.5, 0.6) is 0 Å². The number of aryl methyl sites for hydroxylation is 1. The number of likely N-dealkylation sites (tertiary alicyclic amines) is 1. The van der Waals surface area contributed by atoms with Crippen LogP contribution in [0, 0.1) is 0 Å². The summed E-state index contributed by atoms with van der Waals surface area (Å²) in [6, 6.07) is 19.1. The standard InChI is InChI=1S/C20H22BrNO/c21-18-9-4-8-17(14-18)11-12-20(23)22-13-5-10-19(22)15-16-6-2-1-3-7-16/h1-4,6-9,14,19H,5,10-13,15H2. The summed E-state index contributed by atoms with van der Waals surface area (Å²) in [5.74, 6) is 0.295. The van der Waals surface area contributed by atoms with Gasteiger partial charge in [0.05, 0.1) is 0 Å². The molecule has 1 fully saturated rings. The Morgan fingerprint density at radius 3 is 2.65 bits per heavy atom. The minimum Gasteiger partial charge on any atom is -0.339 e. The van der Waals surface area contributed by atoms with Crippen LogP contribution in [0.3, 0.4) is 0 Å². The number of rotatable bonds is 5. The van der Waals surface area contributed by atoms with Gasteiger partial charge in [-0.05, 0) is 48.9 Å². The average Bonchev–Trinajstić information content (AvgIpc) is 3.02. The predicted octanol–water partition coefficient (Wildman–Crippen LogP) is 4.62. The summed E-state index contributed by atoms with van der Waals surface area (Å²) in [7, 11) is 0. The summed E-state index contributed by atoms with van der Waals surface area (Å²) in [6.07, 6.45) is 4.63. The summed E-state index contributed by atoms with van der Waals surface area (Å²) in [4.78, 5) is 14.7. The second-order valence-corrected chi connectivity index (χ2v) is 7.12. The summed E-state index contributed by atoms with van der Waals surface area (Å²) >= 11 is 3.49. The minimum absolute atomic E-state index is 0.295. The number of carbonyl (C=O) groups excluding carboxylic acids is 1. The minimum atomic E-state index is 0.295. The molecule has 120 valence electrons. The largest absolute Gasteiger partial charge is 0.339 e. The molecule has 2 aromatic carbocycles. The van der Waals surface area contributed by atoms with Crippen molar-refractivity contribution < 1.29 is 4.79 Å². The fourth-order valence-electron chi connectivity index (χ4n) is 3.35. The molecule has 1 amide bonds. The van der Waals surface area contributed by atoms with Crippen LogP contribution < -0.4 is 0 Å². The lowest BCUT2D eigenvalue weighted by Gasteiger charge is -2.25. The van der Waals surface area contributed by atoms with E-state index in [-0.39, 0.29) is 0 Å². The zero-order valence-corrected chi connectivity index (χ0v) is 14.8. The van der Waals surface area contributed by atoms with E-state index in [0.717, 1.165) is 36.7 Å². The molecule has 2 aromatic rings. The van der Waals surface area contributed by atoms with Crippen molar-refractivity contribution in [1.29, 1.82) is 0 Å². The van der Waals surface area contributed by atoms with Gasteiger partial charge >= 0.3 is 0 Å². The van der Waals surface area contributed by atoms with Crippen LogP contribution in [-0.4, -0.2) is 23.4 Å². The molecule has 0 bridgehead atoms. The van der Waals surface area contributed by atoms with E-state index in [1.54, 1.807) is 0 Å². The molecule has 1 atom stereocenters. The van der Waals surface area contributed by atoms with E-state index >= 15 is 0 Å². The second kappa shape index (κ2) is 7.78. The zero-order valence-electron chi connectivity index (χ0n) is 13.2. The monoisotopic (exact) mass is 371 g/mol. The summed E-state index contributed by atoms with van der Waals surface area (Å²) in [5.41, 5.74) is 2.54. The molecule has 1 aliphatic heterocycles. The molecule has 0 spiro atoms. The maximum Gasteiger partial charge on any atom is 0.223 e. The lowest BCUT2D eigenvalue weighted by Crippen LogP contribution is -2.36. The summed E-state index contributed by atoms with van der Waals surface area (Å²) < 4.78 is 1.07. The summed E-state index contributed by atoms with van der Waals surface area (Å²) in [6.45, 7) is 0.912. The lowest BCUT2D eigenvalue weighted by molar-refractivity contribution is -0.131. The van der Waals surface area contributed by atoms with Crippen LogP contribution in [0.1, 0.15) is 30.4 Å². The fraction of sp³-hybridized carbons (Fsp3) is 0.350. The molecule has 1 heterocycles. The van der Waals surface area contributed by atoms with Gasteiger partial charge in [0.2, 0.25) is 5.91 Å². The first kappa shape index (κ1) is 16.3. The summed E-state index contributed by atoms with van der Waals surface area (Å²) in [5, 5.41) is 0. The molecule has 3 heteroatoms. The van der Waals surface area contributed by atoms with Gasteiger partial charge in [-0.2, -0.15) is 0 Å². The third-order valence-corrected chi connectivity index (χ3v) is 5.02. The molecule has 0 aliphatic carbocycles. The van der Waals surface area contributed by atoms with Crippen molar-refractivity contribution in [3.8, 4) is 0 Å². The van der Waals surface area contributed by atoms with Gasteiger partial charge in [0.15, 0.2) is 0 Å². The molecule has 23 heavy (non-hydrogen) atoms. The first-order valence-electron chi connectivity index (χ1n) is 8.30. The highest BCUT2D eigenvalue weighted by atomic mass is 79.9. The molecule has 0 aromatic heterocycles. The van der Waals surface area contributed by atoms with Crippen LogP contribution in [0.25, 0.3) is 0 Å². The lowest BCUT2D eigenvalue weighted by atomic mass is 10.0. The fourth-order valence-corrected chi connectivity index (χ4v) is 3.80. The molecular weight excluding hydrogens is 350 g/mol. The highest BCUT2D eigenvalue weighted by Crippen LogP contribution is 2.23. The number of halogens is 1. The topological polar surface area (TPSA) is 20.3 Å². The van der Waals surface area contributed by atoms with Crippen LogP contribution in [0.15, 0.2) is 59.1 Å². The van der Waals surface area contributed by atoms with Gasteiger partial charge in [0.1, 0.15) is 0 Å². The Hall–Kier alpha value is -1.61. The molecule has 1 aliphatic rings. The smallest absolute Gasteiger partial charge is 0.223 e. The van der Waals surface area contributed by atoms with Crippen molar-refractivity contribution in [3.05, 3.63) is 70.2 Å². The maximum absolute atomic E-state index is 12.6. The van der Waals surface area contributed by atoms with Gasteiger partial charge in [0.25, 0.3) is 0 Å². The van der Waals surface area contributed by atoms with Crippen molar-refractivity contribution in [3.63, 3.8) is 0 Å². The van der Waals surface area contributed by atoms with Crippen LogP contribution in [-0.2, 0) is 17.6 Å². The quantitative estimate of drug-likeness (QED) is 0.750. The average molecular weight is 372 g/mol. The zero-order chi connectivity index (χ0) is 16.1. The first-order chi connectivity index (χ1) is 11.2. The van der Waals surface area contributed by atoms with Crippen molar-refractivity contribution in [2.24, 2.45) is 0 Å². The van der Waals surface area contributed by atoms with Gasteiger partial charge in [0, 0.05) is 23.5 Å². The normalized spacial score (nSPS) is 17.4. The number of nitrogens with zero attached hydrogens (tertiary/aromatic N) is 1. The van der Waals surface area contributed by atoms with Gasteiger partial charge in [-0.25, -0.2) is 0 Å². The third kappa shape index (κ3) is 4.44. The maximum atomic E-state index is 12.6. The highest BCUT2D eigenvalue weighted by Gasteiger charge is 2.28. The number of hydrogen-bond donors (Lipinski definition) is 0. The van der Waals surface area contributed by atoms with Crippen molar-refractivity contribution in [2.45, 2.75) is 38.1 Å². The van der Waals surface area contributed by atoms with Gasteiger partial charge < -0.3 is 4.90 Å². The van der Waals surface area contributed by atoms with E-state index in [4.69, 9.17) is 0 Å². The van der Waals surface area contributed by atoms with E-state index in [2.05, 4.69) is 57.2 Å². The van der Waals surface area contributed by atoms with Crippen LogP contribution >= 0.6 is 15.9 Å². The van der Waals surface area contributed by atoms with Gasteiger partial charge in [-0.15, -0.1) is 0 Å². The first-order valence-corrected chi connectivity index (χ1v) is 9.09. The van der Waals surface area contributed by atoms with Gasteiger partial charge in [-0.3, -0.25) is 4.79 Å². The predicted molar refractivity (Wildman–Crippen MR) is 97.3 cm³/mol. The Morgan fingerprint density at radius 1 is 1.09 bits per heavy atom. The molecule has 2 nitrogen and oxygen atoms in total. The highest BCUT2D eigenvalue weighted by molar-refractivity contribution is 9.10. The Labute approximate surface area is 146 Å². The van der Waals surface area contributed by atoms with E-state index < -0.39 is 0 Å². The van der Waals surface area contributed by atoms with Crippen molar-refractivity contribution >= 4 is 21.8 Å². The molecule has 1 unspecified atom stereocenters. The molecule has 0 N–H and O–H groups in total. The number of benzene rings is 2. The molecular formula is C20H22BrNO. The third-order valence-electron chi connectivity index (χ3n) is 4.53. The molecule has 3 rings (SSSR count). The number of carbonyl (C=O) groups is 1. The van der Waals surface area contributed by atoms with E-state index in [0.29, 0.717) is 18.4 Å².